The average molecular weight is 383 g/mol. The fourth-order valence-corrected chi connectivity index (χ4v) is 3.24. The summed E-state index contributed by atoms with van der Waals surface area (Å²) in [4.78, 5) is 22.0. The van der Waals surface area contributed by atoms with Crippen molar-refractivity contribution in [3.05, 3.63) is 94.7 Å². The summed E-state index contributed by atoms with van der Waals surface area (Å²) >= 11 is 0. The summed E-state index contributed by atoms with van der Waals surface area (Å²) in [6.45, 7) is 5.91. The number of fused-ring (bicyclic) bond motifs is 1. The fourth-order valence-electron chi connectivity index (χ4n) is 3.24. The maximum absolute atomic E-state index is 13.0. The number of amides is 1. The van der Waals surface area contributed by atoms with Gasteiger partial charge in [0.2, 0.25) is 5.55 Å². The van der Waals surface area contributed by atoms with Crippen molar-refractivity contribution >= 4 is 28.4 Å². The standard InChI is InChI=1S/C24H21N3O2/c1-15-11-16(2)13-19(12-15)26-24-20(14-18-8-4-5-9-21(18)29-24)23(28)27-22-10-6-7-17(3)25-22/h4-14H,1-3H3,(H,25,27,28). The predicted molar refractivity (Wildman–Crippen MR) is 114 cm³/mol. The molecule has 2 aromatic carbocycles. The van der Waals surface area contributed by atoms with Crippen LogP contribution in [0.25, 0.3) is 11.0 Å². The topological polar surface area (TPSA) is 67.5 Å². The number of nitrogens with zero attached hydrogens (tertiary/aromatic N) is 2. The van der Waals surface area contributed by atoms with E-state index in [-0.39, 0.29) is 11.5 Å². The van der Waals surface area contributed by atoms with Gasteiger partial charge in [-0.15, -0.1) is 0 Å². The third kappa shape index (κ3) is 4.24. The van der Waals surface area contributed by atoms with E-state index in [4.69, 9.17) is 4.42 Å². The normalized spacial score (nSPS) is 11.6. The van der Waals surface area contributed by atoms with Gasteiger partial charge in [0.25, 0.3) is 5.91 Å². The van der Waals surface area contributed by atoms with Gasteiger partial charge in [0.15, 0.2) is 0 Å². The molecule has 0 saturated heterocycles. The van der Waals surface area contributed by atoms with Crippen molar-refractivity contribution in [1.29, 1.82) is 0 Å². The zero-order chi connectivity index (χ0) is 20.4. The molecule has 0 aliphatic rings. The lowest BCUT2D eigenvalue weighted by Gasteiger charge is -2.07. The van der Waals surface area contributed by atoms with E-state index in [1.807, 2.05) is 69.3 Å². The number of hydrogen-bond acceptors (Lipinski definition) is 4. The lowest BCUT2D eigenvalue weighted by Crippen LogP contribution is -2.22. The zero-order valence-electron chi connectivity index (χ0n) is 16.6. The van der Waals surface area contributed by atoms with Gasteiger partial charge in [-0.25, -0.2) is 9.98 Å². The first kappa shape index (κ1) is 18.6. The molecule has 2 aromatic heterocycles. The Morgan fingerprint density at radius 3 is 2.45 bits per heavy atom. The number of rotatable bonds is 3. The Kier molecular flexibility index (Phi) is 4.96. The van der Waals surface area contributed by atoms with E-state index in [0.717, 1.165) is 27.9 Å². The molecule has 0 bridgehead atoms. The number of aromatic nitrogens is 1. The van der Waals surface area contributed by atoms with Gasteiger partial charge >= 0.3 is 0 Å². The molecule has 0 aliphatic carbocycles. The van der Waals surface area contributed by atoms with Gasteiger partial charge in [-0.05, 0) is 68.3 Å². The van der Waals surface area contributed by atoms with E-state index in [9.17, 15) is 4.79 Å². The van der Waals surface area contributed by atoms with Gasteiger partial charge in [0.1, 0.15) is 17.0 Å². The number of carbonyl (C=O) groups is 1. The monoisotopic (exact) mass is 383 g/mol. The molecule has 5 heteroatoms. The number of benzene rings is 2. The van der Waals surface area contributed by atoms with Crippen LogP contribution in [0.5, 0.6) is 0 Å². The van der Waals surface area contributed by atoms with Crippen LogP contribution in [0.15, 0.2) is 76.1 Å². The second kappa shape index (κ2) is 7.72. The van der Waals surface area contributed by atoms with Crippen LogP contribution in [0.3, 0.4) is 0 Å². The predicted octanol–water partition coefficient (Wildman–Crippen LogP) is 5.24. The van der Waals surface area contributed by atoms with Crippen molar-refractivity contribution in [3.8, 4) is 0 Å². The van der Waals surface area contributed by atoms with Gasteiger partial charge < -0.3 is 9.73 Å². The summed E-state index contributed by atoms with van der Waals surface area (Å²) in [5.41, 5.74) is 5.04. The van der Waals surface area contributed by atoms with E-state index >= 15 is 0 Å². The molecule has 144 valence electrons. The van der Waals surface area contributed by atoms with Crippen molar-refractivity contribution in [2.24, 2.45) is 4.99 Å². The van der Waals surface area contributed by atoms with Crippen molar-refractivity contribution in [1.82, 2.24) is 4.98 Å². The second-order valence-electron chi connectivity index (χ2n) is 7.08. The van der Waals surface area contributed by atoms with Crippen LogP contribution in [-0.4, -0.2) is 10.9 Å². The number of nitrogens with one attached hydrogen (secondary N) is 1. The Bertz CT molecular complexity index is 1270. The van der Waals surface area contributed by atoms with E-state index in [0.29, 0.717) is 17.0 Å². The van der Waals surface area contributed by atoms with E-state index in [2.05, 4.69) is 21.4 Å². The van der Waals surface area contributed by atoms with Gasteiger partial charge in [0.05, 0.1) is 5.69 Å². The first-order chi connectivity index (χ1) is 14.0. The number of aryl methyl sites for hydroxylation is 3. The van der Waals surface area contributed by atoms with E-state index in [1.54, 1.807) is 12.1 Å². The summed E-state index contributed by atoms with van der Waals surface area (Å²) in [5.74, 6) is 0.168. The lowest BCUT2D eigenvalue weighted by atomic mass is 10.1. The third-order valence-corrected chi connectivity index (χ3v) is 4.47. The Balaban J connectivity index is 1.86. The molecule has 0 saturated carbocycles. The number of hydrogen-bond donors (Lipinski definition) is 1. The second-order valence-corrected chi connectivity index (χ2v) is 7.08. The molecule has 4 rings (SSSR count). The molecule has 1 amide bonds. The van der Waals surface area contributed by atoms with Crippen LogP contribution in [0.1, 0.15) is 27.2 Å². The molecule has 29 heavy (non-hydrogen) atoms. The summed E-state index contributed by atoms with van der Waals surface area (Å²) in [7, 11) is 0. The maximum atomic E-state index is 13.0. The molecule has 2 heterocycles. The highest BCUT2D eigenvalue weighted by atomic mass is 16.3. The SMILES string of the molecule is Cc1cc(C)cc(N=c2oc3ccccc3cc2C(=O)Nc2cccc(C)n2)c1. The fraction of sp³-hybridized carbons (Fsp3) is 0.125. The van der Waals surface area contributed by atoms with Crippen LogP contribution in [0.4, 0.5) is 11.5 Å². The van der Waals surface area contributed by atoms with Crippen molar-refractivity contribution < 1.29 is 9.21 Å². The van der Waals surface area contributed by atoms with Crippen LogP contribution < -0.4 is 10.9 Å². The minimum absolute atomic E-state index is 0.263. The quantitative estimate of drug-likeness (QED) is 0.526. The number of para-hydroxylation sites is 1. The van der Waals surface area contributed by atoms with Crippen LogP contribution >= 0.6 is 0 Å². The van der Waals surface area contributed by atoms with Gasteiger partial charge in [-0.2, -0.15) is 0 Å². The largest absolute Gasteiger partial charge is 0.438 e. The van der Waals surface area contributed by atoms with E-state index < -0.39 is 0 Å². The number of carbonyl (C=O) groups excluding carboxylic acids is 1. The van der Waals surface area contributed by atoms with Crippen LogP contribution in [0.2, 0.25) is 0 Å². The lowest BCUT2D eigenvalue weighted by molar-refractivity contribution is 0.102. The van der Waals surface area contributed by atoms with Crippen LogP contribution in [-0.2, 0) is 0 Å². The molecular weight excluding hydrogens is 362 g/mol. The number of pyridine rings is 1. The molecule has 0 radical (unpaired) electrons. The highest BCUT2D eigenvalue weighted by Crippen LogP contribution is 2.18. The third-order valence-electron chi connectivity index (χ3n) is 4.47. The minimum Gasteiger partial charge on any atom is -0.438 e. The van der Waals surface area contributed by atoms with Crippen molar-refractivity contribution in [2.75, 3.05) is 5.32 Å². The number of anilines is 1. The smallest absolute Gasteiger partial charge is 0.262 e. The first-order valence-corrected chi connectivity index (χ1v) is 9.39. The van der Waals surface area contributed by atoms with Crippen LogP contribution in [0, 0.1) is 20.8 Å². The Morgan fingerprint density at radius 2 is 1.69 bits per heavy atom. The first-order valence-electron chi connectivity index (χ1n) is 9.39. The van der Waals surface area contributed by atoms with Gasteiger partial charge in [0, 0.05) is 11.1 Å². The summed E-state index contributed by atoms with van der Waals surface area (Å²) < 4.78 is 6.01. The van der Waals surface area contributed by atoms with E-state index in [1.165, 1.54) is 0 Å². The maximum Gasteiger partial charge on any atom is 0.262 e. The van der Waals surface area contributed by atoms with Crippen molar-refractivity contribution in [2.45, 2.75) is 20.8 Å². The summed E-state index contributed by atoms with van der Waals surface area (Å²) in [5, 5.41) is 3.67. The van der Waals surface area contributed by atoms with Crippen molar-refractivity contribution in [3.63, 3.8) is 0 Å². The highest BCUT2D eigenvalue weighted by molar-refractivity contribution is 6.04. The highest BCUT2D eigenvalue weighted by Gasteiger charge is 2.14. The molecule has 5 nitrogen and oxygen atoms in total. The Labute approximate surface area is 168 Å². The molecule has 4 aromatic rings. The molecule has 0 aliphatic heterocycles. The zero-order valence-corrected chi connectivity index (χ0v) is 16.6. The molecule has 0 atom stereocenters. The molecule has 0 unspecified atom stereocenters. The Hall–Kier alpha value is -3.73. The summed E-state index contributed by atoms with van der Waals surface area (Å²) in [6.07, 6.45) is 0. The van der Waals surface area contributed by atoms with Gasteiger partial charge in [-0.1, -0.05) is 30.3 Å². The summed E-state index contributed by atoms with van der Waals surface area (Å²) in [6, 6.07) is 20.8. The Morgan fingerprint density at radius 1 is 0.931 bits per heavy atom. The molecule has 1 N–H and O–H groups in total. The van der Waals surface area contributed by atoms with Gasteiger partial charge in [-0.3, -0.25) is 4.79 Å². The average Bonchev–Trinajstić information content (AvgIpc) is 2.66. The molecule has 0 fully saturated rings. The minimum atomic E-state index is -0.319. The molecule has 0 spiro atoms. The molecular formula is C24H21N3O2.